The summed E-state index contributed by atoms with van der Waals surface area (Å²) in [6.45, 7) is 0. The van der Waals surface area contributed by atoms with Gasteiger partial charge in [-0.1, -0.05) is 0 Å². The van der Waals surface area contributed by atoms with Gasteiger partial charge in [-0.2, -0.15) is 0 Å². The predicted octanol–water partition coefficient (Wildman–Crippen LogP) is -0.541. The lowest BCUT2D eigenvalue weighted by Gasteiger charge is -2.11. The maximum absolute atomic E-state index is 9.76. The second-order valence-electron chi connectivity index (χ2n) is 0.877. The zero-order valence-corrected chi connectivity index (χ0v) is 4.16. The average Bonchev–Trinajstić information content (AvgIpc) is 1.36. The van der Waals surface area contributed by atoms with E-state index in [9.17, 15) is 4.79 Å². The van der Waals surface area contributed by atoms with Crippen molar-refractivity contribution in [1.29, 1.82) is 0 Å². The zero-order valence-electron chi connectivity index (χ0n) is 3.34. The van der Waals surface area contributed by atoms with Gasteiger partial charge in [-0.05, 0) is 0 Å². The van der Waals surface area contributed by atoms with Crippen LogP contribution in [0.5, 0.6) is 0 Å². The number of hydrogen-bond donors (Lipinski definition) is 1. The molecule has 0 fully saturated rings. The number of hydrogen-bond acceptors (Lipinski definition) is 3. The number of carbonyl (C=O) groups is 1. The van der Waals surface area contributed by atoms with Gasteiger partial charge in [-0.15, -0.1) is 0 Å². The Hall–Kier alpha value is -0.350. The Labute approximate surface area is 41.5 Å². The first-order valence-corrected chi connectivity index (χ1v) is 1.75. The monoisotopic (exact) mass is 105 g/mol. The first-order valence-electron chi connectivity index (χ1n) is 1.34. The fraction of sp³-hybridized carbons (Fsp3) is 0.500. The number of rotatable bonds is 0. The van der Waals surface area contributed by atoms with Crippen LogP contribution in [-0.4, -0.2) is 17.3 Å². The third kappa shape index (κ3) is 1.92. The van der Waals surface area contributed by atoms with Crippen LogP contribution in [0.25, 0.3) is 0 Å². The molecular formula is C2H5N2OS-. The smallest absolute Gasteiger partial charge is 0.115 e. The Morgan fingerprint density at radius 3 is 2.17 bits per heavy atom. The van der Waals surface area contributed by atoms with E-state index in [2.05, 4.69) is 12.6 Å². The van der Waals surface area contributed by atoms with Gasteiger partial charge in [0, 0.05) is 7.05 Å². The van der Waals surface area contributed by atoms with Crippen molar-refractivity contribution in [1.82, 2.24) is 5.01 Å². The molecule has 0 radical (unpaired) electrons. The van der Waals surface area contributed by atoms with Crippen molar-refractivity contribution in [2.24, 2.45) is 5.84 Å². The van der Waals surface area contributed by atoms with Gasteiger partial charge in [0.15, 0.2) is 0 Å². The predicted molar refractivity (Wildman–Crippen MR) is 24.7 cm³/mol. The Bertz CT molecular complexity index is 62.6. The normalized spacial score (nSPS) is 7.67. The molecule has 2 N–H and O–H groups in total. The lowest BCUT2D eigenvalue weighted by atomic mass is 11.1. The van der Waals surface area contributed by atoms with E-state index in [1.807, 2.05) is 0 Å². The summed E-state index contributed by atoms with van der Waals surface area (Å²) < 4.78 is 0. The topological polar surface area (TPSA) is 46.3 Å². The van der Waals surface area contributed by atoms with Gasteiger partial charge < -0.3 is 22.4 Å². The summed E-state index contributed by atoms with van der Waals surface area (Å²) in [5.74, 6) is 4.81. The minimum Gasteiger partial charge on any atom is -0.718 e. The first kappa shape index (κ1) is 5.65. The van der Waals surface area contributed by atoms with Gasteiger partial charge in [0.25, 0.3) is 0 Å². The maximum Gasteiger partial charge on any atom is 0.115 e. The molecule has 0 aliphatic rings. The van der Waals surface area contributed by atoms with Gasteiger partial charge in [-0.3, -0.25) is 0 Å². The summed E-state index contributed by atoms with van der Waals surface area (Å²) in [4.78, 5) is 9.76. The van der Waals surface area contributed by atoms with Crippen LogP contribution in [0.3, 0.4) is 0 Å². The Balaban J connectivity index is 3.26. The van der Waals surface area contributed by atoms with Crippen molar-refractivity contribution < 1.29 is 4.79 Å². The SMILES string of the molecule is CN(N)C(=O)[S-]. The van der Waals surface area contributed by atoms with Crippen molar-refractivity contribution in [2.45, 2.75) is 0 Å². The molecule has 0 heterocycles. The molecule has 6 heavy (non-hydrogen) atoms. The fourth-order valence-corrected chi connectivity index (χ4v) is 0. The van der Waals surface area contributed by atoms with Gasteiger partial charge in [0.1, 0.15) is 5.24 Å². The van der Waals surface area contributed by atoms with E-state index in [0.717, 1.165) is 5.01 Å². The van der Waals surface area contributed by atoms with E-state index in [-0.39, 0.29) is 0 Å². The van der Waals surface area contributed by atoms with E-state index in [0.29, 0.717) is 0 Å². The van der Waals surface area contributed by atoms with Gasteiger partial charge in [-0.25, -0.2) is 5.84 Å². The van der Waals surface area contributed by atoms with Crippen LogP contribution in [0.2, 0.25) is 0 Å². The minimum atomic E-state index is -0.546. The highest BCUT2D eigenvalue weighted by Crippen LogP contribution is 1.67. The van der Waals surface area contributed by atoms with Crippen LogP contribution in [0.4, 0.5) is 4.79 Å². The zero-order chi connectivity index (χ0) is 5.15. The Morgan fingerprint density at radius 2 is 2.17 bits per heavy atom. The molecule has 0 aromatic carbocycles. The average molecular weight is 105 g/mol. The second kappa shape index (κ2) is 1.94. The molecule has 0 aliphatic heterocycles. The van der Waals surface area contributed by atoms with Gasteiger partial charge in [0.2, 0.25) is 0 Å². The standard InChI is InChI=1S/C2H6N2OS/c1-4(3)2(5)6/h3H2,1H3,(H,5,6)/p-1. The number of hydrazine groups is 1. The van der Waals surface area contributed by atoms with Crippen molar-refractivity contribution in [3.05, 3.63) is 0 Å². The largest absolute Gasteiger partial charge is 0.718 e. The van der Waals surface area contributed by atoms with Crippen molar-refractivity contribution in [2.75, 3.05) is 7.05 Å². The highest BCUT2D eigenvalue weighted by Gasteiger charge is 1.77. The van der Waals surface area contributed by atoms with E-state index in [4.69, 9.17) is 5.84 Å². The second-order valence-corrected chi connectivity index (χ2v) is 1.23. The summed E-state index contributed by atoms with van der Waals surface area (Å²) in [5.41, 5.74) is 0. The van der Waals surface area contributed by atoms with Crippen LogP contribution in [0.15, 0.2) is 0 Å². The number of amides is 1. The van der Waals surface area contributed by atoms with Crippen LogP contribution in [-0.2, 0) is 12.6 Å². The summed E-state index contributed by atoms with van der Waals surface area (Å²) >= 11 is 4.06. The van der Waals surface area contributed by atoms with Crippen LogP contribution < -0.4 is 5.84 Å². The van der Waals surface area contributed by atoms with Crippen LogP contribution >= 0.6 is 0 Å². The van der Waals surface area contributed by atoms with Gasteiger partial charge in [0.05, 0.1) is 0 Å². The molecule has 4 heteroatoms. The number of nitrogens with two attached hydrogens (primary N) is 1. The molecule has 0 aromatic rings. The van der Waals surface area contributed by atoms with E-state index < -0.39 is 5.24 Å². The maximum atomic E-state index is 9.76. The lowest BCUT2D eigenvalue weighted by Crippen LogP contribution is -2.29. The molecular weight excluding hydrogens is 100 g/mol. The van der Waals surface area contributed by atoms with Crippen LogP contribution in [0.1, 0.15) is 0 Å². The highest BCUT2D eigenvalue weighted by molar-refractivity contribution is 7.76. The summed E-state index contributed by atoms with van der Waals surface area (Å²) in [5, 5.41) is 0.296. The number of carbonyl (C=O) groups excluding carboxylic acids is 1. The molecule has 0 spiro atoms. The Morgan fingerprint density at radius 1 is 2.00 bits per heavy atom. The molecule has 0 bridgehead atoms. The van der Waals surface area contributed by atoms with Crippen molar-refractivity contribution >= 4 is 17.9 Å². The summed E-state index contributed by atoms with van der Waals surface area (Å²) in [7, 11) is 1.40. The Kier molecular flexibility index (Phi) is 1.83. The van der Waals surface area contributed by atoms with E-state index in [1.54, 1.807) is 0 Å². The molecule has 0 rings (SSSR count). The molecule has 0 unspecified atom stereocenters. The molecule has 36 valence electrons. The quantitative estimate of drug-likeness (QED) is 0.195. The van der Waals surface area contributed by atoms with Crippen molar-refractivity contribution in [3.63, 3.8) is 0 Å². The molecule has 1 amide bonds. The molecule has 0 atom stereocenters. The highest BCUT2D eigenvalue weighted by atomic mass is 32.1. The summed E-state index contributed by atoms with van der Waals surface area (Å²) in [6, 6.07) is 0. The third-order valence-corrected chi connectivity index (χ3v) is 0.576. The molecule has 0 aliphatic carbocycles. The van der Waals surface area contributed by atoms with Gasteiger partial charge >= 0.3 is 0 Å². The minimum absolute atomic E-state index is 0.546. The molecule has 3 nitrogen and oxygen atoms in total. The van der Waals surface area contributed by atoms with E-state index in [1.165, 1.54) is 7.05 Å². The van der Waals surface area contributed by atoms with E-state index >= 15 is 0 Å². The molecule has 0 aromatic heterocycles. The summed E-state index contributed by atoms with van der Waals surface area (Å²) in [6.07, 6.45) is 0. The third-order valence-electron chi connectivity index (χ3n) is 0.288. The fourth-order valence-electron chi connectivity index (χ4n) is 0. The lowest BCUT2D eigenvalue weighted by molar-refractivity contribution is 0.235. The van der Waals surface area contributed by atoms with Crippen molar-refractivity contribution in [3.8, 4) is 0 Å². The first-order chi connectivity index (χ1) is 2.64. The van der Waals surface area contributed by atoms with Crippen LogP contribution in [0, 0.1) is 0 Å². The molecule has 0 saturated carbocycles. The number of nitrogens with zero attached hydrogens (tertiary/aromatic N) is 1. The molecule has 0 saturated heterocycles.